The van der Waals surface area contributed by atoms with Crippen LogP contribution in [0.25, 0.3) is 6.08 Å². The second-order valence-corrected chi connectivity index (χ2v) is 4.43. The molecule has 0 bridgehead atoms. The zero-order valence-corrected chi connectivity index (χ0v) is 12.9. The van der Waals surface area contributed by atoms with Gasteiger partial charge in [0.25, 0.3) is 0 Å². The number of aryl methyl sites for hydroxylation is 1. The van der Waals surface area contributed by atoms with Crippen molar-refractivity contribution in [2.45, 2.75) is 6.92 Å². The Labute approximate surface area is 128 Å². The van der Waals surface area contributed by atoms with Gasteiger partial charge < -0.3 is 18.7 Å². The van der Waals surface area contributed by atoms with Gasteiger partial charge in [-0.1, -0.05) is 5.16 Å². The highest BCUT2D eigenvalue weighted by Crippen LogP contribution is 2.40. The van der Waals surface area contributed by atoms with E-state index < -0.39 is 0 Å². The molecule has 2 aromatic rings. The molecule has 2 rings (SSSR count). The maximum absolute atomic E-state index is 12.1. The monoisotopic (exact) mass is 303 g/mol. The predicted octanol–water partition coefficient (Wildman–Crippen LogP) is 2.90. The molecule has 1 heterocycles. The molecule has 0 atom stereocenters. The minimum absolute atomic E-state index is 0.199. The van der Waals surface area contributed by atoms with Crippen LogP contribution < -0.4 is 14.2 Å². The first kappa shape index (κ1) is 15.6. The van der Waals surface area contributed by atoms with Gasteiger partial charge in [-0.05, 0) is 31.2 Å². The van der Waals surface area contributed by atoms with Crippen molar-refractivity contribution in [1.82, 2.24) is 5.16 Å². The van der Waals surface area contributed by atoms with Crippen LogP contribution in [-0.2, 0) is 0 Å². The van der Waals surface area contributed by atoms with E-state index in [0.717, 1.165) is 0 Å². The molecule has 0 fully saturated rings. The molecule has 6 heteroatoms. The van der Waals surface area contributed by atoms with E-state index in [1.54, 1.807) is 32.2 Å². The molecular weight excluding hydrogens is 286 g/mol. The third-order valence-electron chi connectivity index (χ3n) is 3.16. The van der Waals surface area contributed by atoms with Crippen LogP contribution in [0.15, 0.2) is 29.0 Å². The van der Waals surface area contributed by atoms with Crippen LogP contribution in [0.1, 0.15) is 21.6 Å². The number of benzene rings is 1. The molecule has 0 aliphatic rings. The molecule has 22 heavy (non-hydrogen) atoms. The zero-order valence-electron chi connectivity index (χ0n) is 12.9. The third kappa shape index (κ3) is 2.95. The van der Waals surface area contributed by atoms with Crippen molar-refractivity contribution in [2.24, 2.45) is 0 Å². The molecular formula is C16H17NO5. The Bertz CT molecular complexity index is 703. The zero-order chi connectivity index (χ0) is 16.1. The number of carbonyl (C=O) groups is 1. The maximum Gasteiger partial charge on any atom is 0.203 e. The quantitative estimate of drug-likeness (QED) is 0.603. The largest absolute Gasteiger partial charge is 0.493 e. The van der Waals surface area contributed by atoms with Crippen molar-refractivity contribution < 1.29 is 23.5 Å². The fourth-order valence-electron chi connectivity index (χ4n) is 2.04. The van der Waals surface area contributed by atoms with Gasteiger partial charge in [0, 0.05) is 5.56 Å². The highest BCUT2D eigenvalue weighted by atomic mass is 16.5. The van der Waals surface area contributed by atoms with E-state index in [-0.39, 0.29) is 5.78 Å². The Morgan fingerprint density at radius 1 is 1.14 bits per heavy atom. The fourth-order valence-corrected chi connectivity index (χ4v) is 2.04. The van der Waals surface area contributed by atoms with E-state index in [0.29, 0.717) is 34.1 Å². The van der Waals surface area contributed by atoms with E-state index in [4.69, 9.17) is 18.7 Å². The van der Waals surface area contributed by atoms with E-state index in [9.17, 15) is 4.79 Å². The number of methoxy groups -OCH3 is 3. The molecule has 1 aromatic heterocycles. The average Bonchev–Trinajstić information content (AvgIpc) is 2.97. The van der Waals surface area contributed by atoms with Crippen molar-refractivity contribution in [3.63, 3.8) is 0 Å². The minimum atomic E-state index is -0.199. The standard InChI is InChI=1S/C16H17NO5/c1-10-12(9-22-17-10)13(18)7-5-11-6-8-14(19-2)16(21-4)15(11)20-3/h5-9H,1-4H3/b7-5+. The number of ketones is 1. The van der Waals surface area contributed by atoms with Gasteiger partial charge in [-0.3, -0.25) is 4.79 Å². The number of aromatic nitrogens is 1. The topological polar surface area (TPSA) is 70.8 Å². The normalized spacial score (nSPS) is 10.7. The van der Waals surface area contributed by atoms with E-state index in [1.165, 1.54) is 26.6 Å². The highest BCUT2D eigenvalue weighted by molar-refractivity contribution is 6.07. The number of ether oxygens (including phenoxy) is 3. The number of hydrogen-bond acceptors (Lipinski definition) is 6. The summed E-state index contributed by atoms with van der Waals surface area (Å²) in [5.74, 6) is 1.32. The summed E-state index contributed by atoms with van der Waals surface area (Å²) in [5.41, 5.74) is 1.67. The first-order valence-electron chi connectivity index (χ1n) is 6.54. The summed E-state index contributed by atoms with van der Waals surface area (Å²) in [5, 5.41) is 3.69. The SMILES string of the molecule is COc1ccc(/C=C/C(=O)c2conc2C)c(OC)c1OC. The molecule has 0 unspecified atom stereocenters. The van der Waals surface area contributed by atoms with Crippen LogP contribution in [0, 0.1) is 6.92 Å². The Hall–Kier alpha value is -2.76. The third-order valence-corrected chi connectivity index (χ3v) is 3.16. The summed E-state index contributed by atoms with van der Waals surface area (Å²) in [6, 6.07) is 3.53. The Morgan fingerprint density at radius 2 is 1.86 bits per heavy atom. The Balaban J connectivity index is 2.35. The van der Waals surface area contributed by atoms with E-state index >= 15 is 0 Å². The molecule has 0 aliphatic heterocycles. The van der Waals surface area contributed by atoms with Gasteiger partial charge in [-0.25, -0.2) is 0 Å². The number of nitrogens with zero attached hydrogens (tertiary/aromatic N) is 1. The number of rotatable bonds is 6. The Morgan fingerprint density at radius 3 is 2.41 bits per heavy atom. The van der Waals surface area contributed by atoms with Gasteiger partial charge in [0.1, 0.15) is 6.26 Å². The summed E-state index contributed by atoms with van der Waals surface area (Å²) >= 11 is 0. The maximum atomic E-state index is 12.1. The smallest absolute Gasteiger partial charge is 0.203 e. The van der Waals surface area contributed by atoms with Gasteiger partial charge in [0.15, 0.2) is 17.3 Å². The molecule has 0 saturated heterocycles. The highest BCUT2D eigenvalue weighted by Gasteiger charge is 2.15. The van der Waals surface area contributed by atoms with Gasteiger partial charge in [-0.2, -0.15) is 0 Å². The summed E-state index contributed by atoms with van der Waals surface area (Å²) < 4.78 is 20.6. The second kappa shape index (κ2) is 6.80. The van der Waals surface area contributed by atoms with Crippen LogP contribution in [0.3, 0.4) is 0 Å². The summed E-state index contributed by atoms with van der Waals surface area (Å²) in [4.78, 5) is 12.1. The molecule has 0 spiro atoms. The molecule has 6 nitrogen and oxygen atoms in total. The van der Waals surface area contributed by atoms with Crippen LogP contribution >= 0.6 is 0 Å². The van der Waals surface area contributed by atoms with Crippen molar-refractivity contribution in [3.05, 3.63) is 41.3 Å². The predicted molar refractivity (Wildman–Crippen MR) is 80.7 cm³/mol. The average molecular weight is 303 g/mol. The van der Waals surface area contributed by atoms with Crippen LogP contribution in [0.4, 0.5) is 0 Å². The molecule has 0 radical (unpaired) electrons. The number of allylic oxidation sites excluding steroid dienone is 1. The van der Waals surface area contributed by atoms with Crippen LogP contribution in [0.2, 0.25) is 0 Å². The van der Waals surface area contributed by atoms with Gasteiger partial charge in [0.05, 0.1) is 32.6 Å². The summed E-state index contributed by atoms with van der Waals surface area (Å²) in [6.07, 6.45) is 4.41. The molecule has 0 aliphatic carbocycles. The summed E-state index contributed by atoms with van der Waals surface area (Å²) in [7, 11) is 4.60. The van der Waals surface area contributed by atoms with Crippen LogP contribution in [-0.4, -0.2) is 32.3 Å². The lowest BCUT2D eigenvalue weighted by molar-refractivity contribution is 0.104. The molecule has 116 valence electrons. The lowest BCUT2D eigenvalue weighted by atomic mass is 10.1. The summed E-state index contributed by atoms with van der Waals surface area (Å²) in [6.45, 7) is 1.71. The van der Waals surface area contributed by atoms with Gasteiger partial charge >= 0.3 is 0 Å². The number of hydrogen-bond donors (Lipinski definition) is 0. The van der Waals surface area contributed by atoms with Gasteiger partial charge in [-0.15, -0.1) is 0 Å². The van der Waals surface area contributed by atoms with Crippen molar-refractivity contribution in [1.29, 1.82) is 0 Å². The molecule has 1 aromatic carbocycles. The van der Waals surface area contributed by atoms with E-state index in [1.807, 2.05) is 0 Å². The second-order valence-electron chi connectivity index (χ2n) is 4.43. The minimum Gasteiger partial charge on any atom is -0.493 e. The fraction of sp³-hybridized carbons (Fsp3) is 0.250. The Kier molecular flexibility index (Phi) is 4.83. The van der Waals surface area contributed by atoms with Crippen LogP contribution in [0.5, 0.6) is 17.2 Å². The molecule has 0 saturated carbocycles. The lowest BCUT2D eigenvalue weighted by Gasteiger charge is -2.13. The van der Waals surface area contributed by atoms with Crippen molar-refractivity contribution >= 4 is 11.9 Å². The van der Waals surface area contributed by atoms with Gasteiger partial charge in [0.2, 0.25) is 5.75 Å². The number of carbonyl (C=O) groups excluding carboxylic acids is 1. The molecule has 0 amide bonds. The molecule has 0 N–H and O–H groups in total. The van der Waals surface area contributed by atoms with Crippen molar-refractivity contribution in [3.8, 4) is 17.2 Å². The van der Waals surface area contributed by atoms with E-state index in [2.05, 4.69) is 5.16 Å². The first-order valence-corrected chi connectivity index (χ1v) is 6.54. The first-order chi connectivity index (χ1) is 10.6. The lowest BCUT2D eigenvalue weighted by Crippen LogP contribution is -1.98. The van der Waals surface area contributed by atoms with Crippen molar-refractivity contribution in [2.75, 3.05) is 21.3 Å².